The molecule has 0 radical (unpaired) electrons. The van der Waals surface area contributed by atoms with Gasteiger partial charge in [-0.15, -0.1) is 0 Å². The zero-order valence-electron chi connectivity index (χ0n) is 32.1. The van der Waals surface area contributed by atoms with Crippen molar-refractivity contribution in [2.45, 2.75) is 79.1 Å². The van der Waals surface area contributed by atoms with Crippen LogP contribution in [0.4, 0.5) is 0 Å². The van der Waals surface area contributed by atoms with Crippen LogP contribution in [0.15, 0.2) is 146 Å². The van der Waals surface area contributed by atoms with Crippen molar-refractivity contribution in [2.75, 3.05) is 0 Å². The van der Waals surface area contributed by atoms with E-state index in [1.807, 2.05) is 0 Å². The summed E-state index contributed by atoms with van der Waals surface area (Å²) in [7, 11) is -2.78. The first-order chi connectivity index (χ1) is 25.1. The summed E-state index contributed by atoms with van der Waals surface area (Å²) in [5, 5.41) is 5.48. The maximum Gasteiger partial charge on any atom is 0.269 e. The molecule has 52 heavy (non-hydrogen) atoms. The molecule has 6 aromatic carbocycles. The first-order valence-electron chi connectivity index (χ1n) is 19.1. The van der Waals surface area contributed by atoms with Crippen molar-refractivity contribution in [2.24, 2.45) is 0 Å². The highest BCUT2D eigenvalue weighted by molar-refractivity contribution is 7.20. The monoisotopic (exact) mass is 696 g/mol. The molecule has 0 fully saturated rings. The third kappa shape index (κ3) is 6.05. The van der Waals surface area contributed by atoms with Crippen LogP contribution in [-0.4, -0.2) is 12.6 Å². The lowest BCUT2D eigenvalue weighted by Crippen LogP contribution is -2.74. The standard InChI is InChI=1S/C49H52N2Si/c1-34(2)42-26-18-27-43(35(3)4)48(42)50-33-51(49-44(36(5)6)28-19-29-45(49)37(7)8)47-32-41(30-31-46(47)50)52(38-20-12-9-13-21-38,39-22-14-10-15-23-39)40-24-16-11-17-25-40/h9-32,34-37H,1-8H3. The van der Waals surface area contributed by atoms with Crippen molar-refractivity contribution < 1.29 is 4.57 Å². The van der Waals surface area contributed by atoms with Crippen molar-refractivity contribution in [3.63, 3.8) is 0 Å². The van der Waals surface area contributed by atoms with E-state index < -0.39 is 8.07 Å². The number of aromatic nitrogens is 2. The Hall–Kier alpha value is -4.99. The zero-order valence-corrected chi connectivity index (χ0v) is 33.1. The summed E-state index contributed by atoms with van der Waals surface area (Å²) in [6, 6.07) is 54.8. The molecular weight excluding hydrogens is 645 g/mol. The van der Waals surface area contributed by atoms with Gasteiger partial charge in [-0.3, -0.25) is 9.13 Å². The summed E-state index contributed by atoms with van der Waals surface area (Å²) in [5.41, 5.74) is 10.2. The number of nitrogens with zero attached hydrogens (tertiary/aromatic N) is 2. The van der Waals surface area contributed by atoms with Gasteiger partial charge in [0.15, 0.2) is 8.07 Å². The van der Waals surface area contributed by atoms with Crippen LogP contribution in [-0.2, 0) is 0 Å². The van der Waals surface area contributed by atoms with Gasteiger partial charge in [0.1, 0.15) is 0 Å². The van der Waals surface area contributed by atoms with Crippen LogP contribution in [0, 0.1) is 6.33 Å². The molecule has 1 aromatic heterocycles. The molecule has 0 aliphatic rings. The van der Waals surface area contributed by atoms with Gasteiger partial charge < -0.3 is 0 Å². The summed E-state index contributed by atoms with van der Waals surface area (Å²) in [6.45, 7) is 18.5. The average molecular weight is 697 g/mol. The van der Waals surface area contributed by atoms with Gasteiger partial charge in [0, 0.05) is 0 Å². The predicted octanol–water partition coefficient (Wildman–Crippen LogP) is 9.58. The van der Waals surface area contributed by atoms with Gasteiger partial charge in [0.05, 0.1) is 22.4 Å². The number of hydrogen-bond acceptors (Lipinski definition) is 0. The summed E-state index contributed by atoms with van der Waals surface area (Å²) in [4.78, 5) is 0. The second kappa shape index (κ2) is 14.6. The molecule has 0 saturated heterocycles. The smallest absolute Gasteiger partial charge is 0.269 e. The predicted molar refractivity (Wildman–Crippen MR) is 224 cm³/mol. The highest BCUT2D eigenvalue weighted by Gasteiger charge is 2.41. The summed E-state index contributed by atoms with van der Waals surface area (Å²) < 4.78 is 4.81. The minimum absolute atomic E-state index is 0.344. The van der Waals surface area contributed by atoms with Crippen molar-refractivity contribution >= 4 is 39.9 Å². The molecule has 2 nitrogen and oxygen atoms in total. The zero-order chi connectivity index (χ0) is 36.6. The Morgan fingerprint density at radius 3 is 1.25 bits per heavy atom. The lowest BCUT2D eigenvalue weighted by Gasteiger charge is -2.34. The van der Waals surface area contributed by atoms with E-state index in [-0.39, 0.29) is 0 Å². The number of benzene rings is 6. The van der Waals surface area contributed by atoms with Crippen LogP contribution >= 0.6 is 0 Å². The van der Waals surface area contributed by atoms with E-state index >= 15 is 0 Å². The van der Waals surface area contributed by atoms with Gasteiger partial charge in [-0.2, -0.15) is 0 Å². The Morgan fingerprint density at radius 2 is 0.846 bits per heavy atom. The minimum Gasteiger partial charge on any atom is -0.291 e. The van der Waals surface area contributed by atoms with E-state index in [1.165, 1.54) is 65.4 Å². The maximum atomic E-state index is 4.05. The fourth-order valence-electron chi connectivity index (χ4n) is 8.28. The van der Waals surface area contributed by atoms with Crippen LogP contribution in [0.3, 0.4) is 0 Å². The number of imidazole rings is 1. The lowest BCUT2D eigenvalue weighted by molar-refractivity contribution is -0.573. The Bertz CT molecular complexity index is 2150. The second-order valence-electron chi connectivity index (χ2n) is 15.5. The van der Waals surface area contributed by atoms with Crippen LogP contribution in [0.5, 0.6) is 0 Å². The number of rotatable bonds is 10. The molecule has 0 unspecified atom stereocenters. The van der Waals surface area contributed by atoms with E-state index in [2.05, 4.69) is 216 Å². The Kier molecular flexibility index (Phi) is 9.91. The molecule has 0 aliphatic carbocycles. The van der Waals surface area contributed by atoms with Crippen molar-refractivity contribution in [3.8, 4) is 11.4 Å². The summed E-state index contributed by atoms with van der Waals surface area (Å²) in [5.74, 6) is 1.40. The Balaban J connectivity index is 1.67. The van der Waals surface area contributed by atoms with Crippen LogP contribution in [0.2, 0.25) is 0 Å². The molecule has 0 amide bonds. The highest BCUT2D eigenvalue weighted by Crippen LogP contribution is 2.35. The van der Waals surface area contributed by atoms with Gasteiger partial charge in [-0.25, -0.2) is 0 Å². The van der Waals surface area contributed by atoms with E-state index in [0.29, 0.717) is 23.7 Å². The largest absolute Gasteiger partial charge is 0.291 e. The van der Waals surface area contributed by atoms with Gasteiger partial charge >= 0.3 is 0 Å². The molecule has 262 valence electrons. The van der Waals surface area contributed by atoms with Crippen molar-refractivity contribution in [1.29, 1.82) is 0 Å². The highest BCUT2D eigenvalue weighted by atomic mass is 28.3. The molecule has 0 N–H and O–H groups in total. The molecule has 0 atom stereocenters. The minimum atomic E-state index is -2.78. The molecule has 0 aliphatic heterocycles. The third-order valence-electron chi connectivity index (χ3n) is 10.8. The molecule has 0 spiro atoms. The Morgan fingerprint density at radius 1 is 0.442 bits per heavy atom. The lowest BCUT2D eigenvalue weighted by atomic mass is 9.92. The van der Waals surface area contributed by atoms with Crippen LogP contribution in [0.25, 0.3) is 22.4 Å². The average Bonchev–Trinajstić information content (AvgIpc) is 3.54. The first-order valence-corrected chi connectivity index (χ1v) is 21.1. The SMILES string of the molecule is CC(C)c1cccc(C(C)C)c1-n1[c-][n+](-c2c(C(C)C)cccc2C(C)C)c2ccc([Si](c3ccccc3)(c3ccccc3)c3ccccc3)cc21. The fraction of sp³-hybridized carbons (Fsp3) is 0.245. The second-order valence-corrected chi connectivity index (χ2v) is 19.3. The van der Waals surface area contributed by atoms with Crippen LogP contribution < -0.4 is 25.3 Å². The van der Waals surface area contributed by atoms with Gasteiger partial charge in [-0.05, 0) is 66.7 Å². The molecule has 7 aromatic rings. The first kappa shape index (κ1) is 35.4. The third-order valence-corrected chi connectivity index (χ3v) is 15.6. The number of hydrogen-bond donors (Lipinski definition) is 0. The van der Waals surface area contributed by atoms with E-state index in [4.69, 9.17) is 0 Å². The fourth-order valence-corrected chi connectivity index (χ4v) is 13.0. The molecular formula is C49H52N2Si. The molecule has 3 heteroatoms. The van der Waals surface area contributed by atoms with E-state index in [9.17, 15) is 0 Å². The number of para-hydroxylation sites is 2. The van der Waals surface area contributed by atoms with E-state index in [0.717, 1.165) is 0 Å². The molecule has 7 rings (SSSR count). The molecule has 1 heterocycles. The number of fused-ring (bicyclic) bond motifs is 1. The van der Waals surface area contributed by atoms with Gasteiger partial charge in [-0.1, -0.05) is 201 Å². The normalized spacial score (nSPS) is 12.2. The maximum absolute atomic E-state index is 4.05. The van der Waals surface area contributed by atoms with Crippen molar-refractivity contribution in [3.05, 3.63) is 174 Å². The van der Waals surface area contributed by atoms with Crippen molar-refractivity contribution in [1.82, 2.24) is 4.57 Å². The van der Waals surface area contributed by atoms with Crippen LogP contribution in [0.1, 0.15) is 101 Å². The Labute approximate surface area is 312 Å². The molecule has 0 bridgehead atoms. The summed E-state index contributed by atoms with van der Waals surface area (Å²) >= 11 is 0. The molecule has 0 saturated carbocycles. The van der Waals surface area contributed by atoms with E-state index in [1.54, 1.807) is 0 Å². The summed E-state index contributed by atoms with van der Waals surface area (Å²) in [6.07, 6.45) is 4.05. The van der Waals surface area contributed by atoms with Gasteiger partial charge in [0.25, 0.3) is 6.33 Å². The quantitative estimate of drug-likeness (QED) is 0.0583. The van der Waals surface area contributed by atoms with Gasteiger partial charge in [0.2, 0.25) is 0 Å². The topological polar surface area (TPSA) is 8.81 Å².